The minimum absolute atomic E-state index is 0.0468. The van der Waals surface area contributed by atoms with Crippen molar-refractivity contribution >= 4 is 27.5 Å². The van der Waals surface area contributed by atoms with Crippen molar-refractivity contribution in [2.75, 3.05) is 11.9 Å². The highest BCUT2D eigenvalue weighted by Gasteiger charge is 2.19. The van der Waals surface area contributed by atoms with Crippen molar-refractivity contribution in [3.63, 3.8) is 0 Å². The highest BCUT2D eigenvalue weighted by molar-refractivity contribution is 7.90. The van der Waals surface area contributed by atoms with Crippen LogP contribution in [0, 0.1) is 0 Å². The van der Waals surface area contributed by atoms with Gasteiger partial charge in [-0.2, -0.15) is 0 Å². The molecule has 2 N–H and O–H groups in total. The Labute approximate surface area is 174 Å². The Morgan fingerprint density at radius 2 is 1.73 bits per heavy atom. The quantitative estimate of drug-likeness (QED) is 0.658. The number of rotatable bonds is 5. The van der Waals surface area contributed by atoms with Crippen molar-refractivity contribution in [2.24, 2.45) is 4.99 Å². The summed E-state index contributed by atoms with van der Waals surface area (Å²) < 4.78 is 27.6. The summed E-state index contributed by atoms with van der Waals surface area (Å²) in [5, 5.41) is 2.68. The lowest BCUT2D eigenvalue weighted by molar-refractivity contribution is 0.102. The molecule has 0 bridgehead atoms. The first-order valence-corrected chi connectivity index (χ1v) is 10.8. The van der Waals surface area contributed by atoms with Crippen molar-refractivity contribution in [1.29, 1.82) is 0 Å². The fourth-order valence-electron chi connectivity index (χ4n) is 2.96. The molecule has 4 rings (SSSR count). The minimum Gasteiger partial charge on any atom is -0.322 e. The summed E-state index contributed by atoms with van der Waals surface area (Å²) >= 11 is 0. The number of benzene rings is 2. The second-order valence-corrected chi connectivity index (χ2v) is 8.36. The van der Waals surface area contributed by atoms with E-state index in [1.165, 1.54) is 24.5 Å². The van der Waals surface area contributed by atoms with E-state index in [0.29, 0.717) is 30.3 Å². The van der Waals surface area contributed by atoms with Crippen LogP contribution in [0.15, 0.2) is 76.9 Å². The lowest BCUT2D eigenvalue weighted by atomic mass is 10.2. The van der Waals surface area contributed by atoms with Gasteiger partial charge >= 0.3 is 0 Å². The molecular weight excluding hydrogens is 402 g/mol. The van der Waals surface area contributed by atoms with Crippen LogP contribution in [0.3, 0.4) is 0 Å². The summed E-state index contributed by atoms with van der Waals surface area (Å²) in [6, 6.07) is 15.5. The van der Waals surface area contributed by atoms with Crippen LogP contribution in [0.25, 0.3) is 11.4 Å². The number of hydrogen-bond acceptors (Lipinski definition) is 6. The molecule has 0 saturated heterocycles. The number of amides is 1. The molecule has 1 amide bonds. The number of amidine groups is 1. The van der Waals surface area contributed by atoms with Gasteiger partial charge in [0, 0.05) is 36.6 Å². The van der Waals surface area contributed by atoms with Gasteiger partial charge < -0.3 is 5.32 Å². The van der Waals surface area contributed by atoms with Gasteiger partial charge in [-0.05, 0) is 24.6 Å². The molecule has 0 radical (unpaired) electrons. The lowest BCUT2D eigenvalue weighted by Crippen LogP contribution is -2.29. The van der Waals surface area contributed by atoms with Crippen molar-refractivity contribution < 1.29 is 13.2 Å². The van der Waals surface area contributed by atoms with Gasteiger partial charge in [-0.25, -0.2) is 18.4 Å². The van der Waals surface area contributed by atoms with E-state index >= 15 is 0 Å². The maximum absolute atomic E-state index is 12.5. The van der Waals surface area contributed by atoms with Crippen LogP contribution in [0.2, 0.25) is 0 Å². The number of aliphatic imine (C=N–C) groups is 1. The van der Waals surface area contributed by atoms with E-state index in [1.807, 2.05) is 30.3 Å². The number of aromatic nitrogens is 2. The minimum atomic E-state index is -3.76. The maximum Gasteiger partial charge on any atom is 0.262 e. The average Bonchev–Trinajstić information content (AvgIpc) is 3.27. The summed E-state index contributed by atoms with van der Waals surface area (Å²) in [5.41, 5.74) is 1.46. The Balaban J connectivity index is 1.48. The Bertz CT molecular complexity index is 1190. The molecule has 2 heterocycles. The number of carbonyl (C=O) groups excluding carboxylic acids is 1. The predicted molar refractivity (Wildman–Crippen MR) is 114 cm³/mol. The average molecular weight is 421 g/mol. The Hall–Kier alpha value is -3.59. The molecule has 0 fully saturated rings. The third-order valence-electron chi connectivity index (χ3n) is 4.47. The monoisotopic (exact) mass is 421 g/mol. The molecule has 0 aliphatic carbocycles. The zero-order valence-electron chi connectivity index (χ0n) is 15.9. The third-order valence-corrected chi connectivity index (χ3v) is 5.85. The maximum atomic E-state index is 12.5. The highest BCUT2D eigenvalue weighted by atomic mass is 32.2. The summed E-state index contributed by atoms with van der Waals surface area (Å²) in [7, 11) is -3.76. The number of nitrogens with one attached hydrogen (secondary N) is 2. The molecule has 0 unspecified atom stereocenters. The first-order valence-electron chi connectivity index (χ1n) is 9.36. The molecule has 2 aromatic carbocycles. The first-order chi connectivity index (χ1) is 14.5. The second-order valence-electron chi connectivity index (χ2n) is 6.68. The summed E-state index contributed by atoms with van der Waals surface area (Å²) in [6.07, 6.45) is 4.31. The first kappa shape index (κ1) is 19.7. The van der Waals surface area contributed by atoms with E-state index < -0.39 is 15.9 Å². The van der Waals surface area contributed by atoms with Crippen LogP contribution in [-0.2, 0) is 10.0 Å². The summed E-state index contributed by atoms with van der Waals surface area (Å²) in [4.78, 5) is 25.2. The van der Waals surface area contributed by atoms with E-state index in [4.69, 9.17) is 0 Å². The SMILES string of the molecule is O=C(Nc1cccc(S(=O)(=O)NC2=NCCC2)c1)c1cnc(-c2ccccc2)nc1. The van der Waals surface area contributed by atoms with E-state index in [9.17, 15) is 13.2 Å². The zero-order chi connectivity index (χ0) is 21.0. The van der Waals surface area contributed by atoms with Crippen LogP contribution < -0.4 is 10.0 Å². The van der Waals surface area contributed by atoms with E-state index in [-0.39, 0.29) is 10.5 Å². The van der Waals surface area contributed by atoms with Gasteiger partial charge in [-0.1, -0.05) is 36.4 Å². The molecule has 8 nitrogen and oxygen atoms in total. The van der Waals surface area contributed by atoms with Gasteiger partial charge in [0.25, 0.3) is 15.9 Å². The number of hydrogen-bond donors (Lipinski definition) is 2. The molecule has 3 aromatic rings. The lowest BCUT2D eigenvalue weighted by Gasteiger charge is -2.10. The van der Waals surface area contributed by atoms with Crippen LogP contribution >= 0.6 is 0 Å². The van der Waals surface area contributed by atoms with Gasteiger partial charge in [0.1, 0.15) is 5.84 Å². The van der Waals surface area contributed by atoms with Crippen molar-refractivity contribution in [3.8, 4) is 11.4 Å². The number of nitrogens with zero attached hydrogens (tertiary/aromatic N) is 3. The summed E-state index contributed by atoms with van der Waals surface area (Å²) in [6.45, 7) is 0.624. The van der Waals surface area contributed by atoms with Crippen LogP contribution in [-0.4, -0.2) is 36.7 Å². The van der Waals surface area contributed by atoms with E-state index in [0.717, 1.165) is 12.0 Å². The largest absolute Gasteiger partial charge is 0.322 e. The highest BCUT2D eigenvalue weighted by Crippen LogP contribution is 2.18. The van der Waals surface area contributed by atoms with Gasteiger partial charge in [0.05, 0.1) is 10.5 Å². The number of anilines is 1. The Morgan fingerprint density at radius 3 is 2.43 bits per heavy atom. The van der Waals surface area contributed by atoms with Gasteiger partial charge in [0.2, 0.25) is 0 Å². The van der Waals surface area contributed by atoms with E-state index in [1.54, 1.807) is 12.1 Å². The van der Waals surface area contributed by atoms with Crippen LogP contribution in [0.1, 0.15) is 23.2 Å². The van der Waals surface area contributed by atoms with Crippen molar-refractivity contribution in [1.82, 2.24) is 14.7 Å². The fourth-order valence-corrected chi connectivity index (χ4v) is 4.10. The molecular formula is C21H19N5O3S. The normalized spacial score (nSPS) is 13.5. The Morgan fingerprint density at radius 1 is 0.967 bits per heavy atom. The molecule has 152 valence electrons. The third kappa shape index (κ3) is 4.52. The van der Waals surface area contributed by atoms with Gasteiger partial charge in [-0.15, -0.1) is 0 Å². The van der Waals surface area contributed by atoms with Crippen molar-refractivity contribution in [3.05, 3.63) is 72.6 Å². The molecule has 0 saturated carbocycles. The van der Waals surface area contributed by atoms with E-state index in [2.05, 4.69) is 25.0 Å². The van der Waals surface area contributed by atoms with Gasteiger partial charge in [0.15, 0.2) is 5.82 Å². The molecule has 1 aliphatic rings. The second kappa shape index (κ2) is 8.42. The molecule has 0 atom stereocenters. The zero-order valence-corrected chi connectivity index (χ0v) is 16.8. The number of sulfonamides is 1. The van der Waals surface area contributed by atoms with Crippen LogP contribution in [0.5, 0.6) is 0 Å². The summed E-state index contributed by atoms with van der Waals surface area (Å²) in [5.74, 6) is 0.540. The number of carbonyl (C=O) groups is 1. The Kier molecular flexibility index (Phi) is 5.53. The van der Waals surface area contributed by atoms with Gasteiger partial charge in [-0.3, -0.25) is 14.5 Å². The molecule has 0 spiro atoms. The van der Waals surface area contributed by atoms with Crippen molar-refractivity contribution in [2.45, 2.75) is 17.7 Å². The standard InChI is InChI=1S/C21H19N5O3S/c27-21(16-13-23-20(24-14-16)15-6-2-1-3-7-15)25-17-8-4-9-18(12-17)30(28,29)26-19-10-5-11-22-19/h1-4,6-9,12-14H,5,10-11H2,(H,22,26)(H,25,27). The predicted octanol–water partition coefficient (Wildman–Crippen LogP) is 2.87. The molecule has 1 aliphatic heterocycles. The topological polar surface area (TPSA) is 113 Å². The molecule has 30 heavy (non-hydrogen) atoms. The van der Waals surface area contributed by atoms with Crippen LogP contribution in [0.4, 0.5) is 5.69 Å². The molecule has 1 aromatic heterocycles. The molecule has 9 heteroatoms. The fraction of sp³-hybridized carbons (Fsp3) is 0.143. The smallest absolute Gasteiger partial charge is 0.262 e.